The number of carbonyl (C=O) groups excluding carboxylic acids is 2. The van der Waals surface area contributed by atoms with Crippen molar-refractivity contribution >= 4 is 11.6 Å². The van der Waals surface area contributed by atoms with E-state index in [1.807, 2.05) is 0 Å². The van der Waals surface area contributed by atoms with Crippen LogP contribution in [0.15, 0.2) is 24.3 Å². The number of carbonyl (C=O) groups is 2. The summed E-state index contributed by atoms with van der Waals surface area (Å²) in [5.74, 6) is -0.864. The van der Waals surface area contributed by atoms with Crippen LogP contribution in [0, 0.1) is 13.8 Å². The van der Waals surface area contributed by atoms with Crippen molar-refractivity contribution < 1.29 is 14.7 Å². The van der Waals surface area contributed by atoms with Gasteiger partial charge in [-0.1, -0.05) is 12.1 Å². The monoisotopic (exact) mass is 216 g/mol. The number of allylic oxidation sites excluding steroid dienone is 2. The third-order valence-corrected chi connectivity index (χ3v) is 2.83. The average molecular weight is 216 g/mol. The van der Waals surface area contributed by atoms with Gasteiger partial charge in [-0.25, -0.2) is 0 Å². The largest absolute Gasteiger partial charge is 0.507 e. The maximum absolute atomic E-state index is 11.5. The third kappa shape index (κ3) is 1.54. The van der Waals surface area contributed by atoms with Gasteiger partial charge in [0.1, 0.15) is 11.7 Å². The highest BCUT2D eigenvalue weighted by atomic mass is 16.3. The highest BCUT2D eigenvalue weighted by molar-refractivity contribution is 6.22. The molecule has 1 aliphatic rings. The molecule has 0 heterocycles. The van der Waals surface area contributed by atoms with Crippen molar-refractivity contribution in [1.29, 1.82) is 0 Å². The zero-order valence-electron chi connectivity index (χ0n) is 9.15. The first-order chi connectivity index (χ1) is 7.50. The molecule has 1 N–H and O–H groups in total. The van der Waals surface area contributed by atoms with E-state index in [0.717, 1.165) is 0 Å². The standard InChI is InChI=1S/C13H12O3/c1-7-5-9(6-8(2)13(7)16)12-10(14)3-4-11(12)15/h3-6,12,16H,1-2H3. The van der Waals surface area contributed by atoms with Gasteiger partial charge in [0.25, 0.3) is 0 Å². The van der Waals surface area contributed by atoms with Gasteiger partial charge in [-0.2, -0.15) is 0 Å². The fourth-order valence-electron chi connectivity index (χ4n) is 1.98. The van der Waals surface area contributed by atoms with Gasteiger partial charge in [0.2, 0.25) is 0 Å². The molecule has 0 saturated heterocycles. The first-order valence-electron chi connectivity index (χ1n) is 5.06. The number of benzene rings is 1. The van der Waals surface area contributed by atoms with Crippen molar-refractivity contribution in [2.75, 3.05) is 0 Å². The van der Waals surface area contributed by atoms with Crippen molar-refractivity contribution in [3.05, 3.63) is 41.0 Å². The summed E-state index contributed by atoms with van der Waals surface area (Å²) in [6, 6.07) is 3.38. The average Bonchev–Trinajstić information content (AvgIpc) is 2.54. The summed E-state index contributed by atoms with van der Waals surface area (Å²) < 4.78 is 0. The normalized spacial score (nSPS) is 16.1. The van der Waals surface area contributed by atoms with E-state index in [-0.39, 0.29) is 17.3 Å². The fraction of sp³-hybridized carbons (Fsp3) is 0.231. The van der Waals surface area contributed by atoms with Crippen LogP contribution in [0.1, 0.15) is 22.6 Å². The van der Waals surface area contributed by atoms with Crippen LogP contribution in [0.25, 0.3) is 0 Å². The van der Waals surface area contributed by atoms with Crippen molar-refractivity contribution in [2.24, 2.45) is 0 Å². The molecule has 0 aromatic heterocycles. The maximum Gasteiger partial charge on any atom is 0.171 e. The van der Waals surface area contributed by atoms with Gasteiger partial charge in [0.15, 0.2) is 11.6 Å². The maximum atomic E-state index is 11.5. The van der Waals surface area contributed by atoms with E-state index < -0.39 is 5.92 Å². The summed E-state index contributed by atoms with van der Waals surface area (Å²) in [6.45, 7) is 3.51. The Hall–Kier alpha value is -1.90. The Balaban J connectivity index is 2.50. The summed E-state index contributed by atoms with van der Waals surface area (Å²) in [5, 5.41) is 9.62. The second-order valence-electron chi connectivity index (χ2n) is 4.07. The lowest BCUT2D eigenvalue weighted by Gasteiger charge is -2.11. The second kappa shape index (κ2) is 3.59. The Morgan fingerprint density at radius 1 is 1.00 bits per heavy atom. The van der Waals surface area contributed by atoms with E-state index in [4.69, 9.17) is 0 Å². The molecule has 3 heteroatoms. The van der Waals surface area contributed by atoms with Crippen molar-refractivity contribution in [2.45, 2.75) is 19.8 Å². The number of aryl methyl sites for hydroxylation is 2. The predicted molar refractivity (Wildman–Crippen MR) is 59.5 cm³/mol. The molecule has 1 aliphatic carbocycles. The molecule has 0 spiro atoms. The Labute approximate surface area is 93.4 Å². The van der Waals surface area contributed by atoms with Gasteiger partial charge in [0.05, 0.1) is 0 Å². The van der Waals surface area contributed by atoms with E-state index in [1.54, 1.807) is 26.0 Å². The summed E-state index contributed by atoms with van der Waals surface area (Å²) in [4.78, 5) is 23.0. The first-order valence-corrected chi connectivity index (χ1v) is 5.06. The number of ketones is 2. The summed E-state index contributed by atoms with van der Waals surface area (Å²) in [5.41, 5.74) is 2.03. The summed E-state index contributed by atoms with van der Waals surface area (Å²) >= 11 is 0. The summed E-state index contributed by atoms with van der Waals surface area (Å²) in [7, 11) is 0. The molecule has 16 heavy (non-hydrogen) atoms. The lowest BCUT2D eigenvalue weighted by molar-refractivity contribution is -0.122. The van der Waals surface area contributed by atoms with Crippen LogP contribution in [0.4, 0.5) is 0 Å². The van der Waals surface area contributed by atoms with Gasteiger partial charge in [-0.15, -0.1) is 0 Å². The molecule has 0 amide bonds. The Morgan fingerprint density at radius 3 is 1.88 bits per heavy atom. The minimum Gasteiger partial charge on any atom is -0.507 e. The molecule has 0 radical (unpaired) electrons. The molecule has 1 aromatic carbocycles. The number of phenols is 1. The number of rotatable bonds is 1. The number of hydrogen-bond acceptors (Lipinski definition) is 3. The number of hydrogen-bond donors (Lipinski definition) is 1. The van der Waals surface area contributed by atoms with Gasteiger partial charge in [-0.3, -0.25) is 9.59 Å². The highest BCUT2D eigenvalue weighted by Gasteiger charge is 2.30. The van der Waals surface area contributed by atoms with Gasteiger partial charge in [-0.05, 0) is 42.7 Å². The Morgan fingerprint density at radius 2 is 1.44 bits per heavy atom. The molecule has 3 nitrogen and oxygen atoms in total. The smallest absolute Gasteiger partial charge is 0.171 e. The molecule has 0 aliphatic heterocycles. The molecule has 0 atom stereocenters. The molecule has 0 bridgehead atoms. The molecule has 0 fully saturated rings. The molecule has 2 rings (SSSR count). The van der Waals surface area contributed by atoms with E-state index in [2.05, 4.69) is 0 Å². The summed E-state index contributed by atoms with van der Waals surface area (Å²) in [6.07, 6.45) is 2.62. The van der Waals surface area contributed by atoms with Gasteiger partial charge < -0.3 is 5.11 Å². The molecular formula is C13H12O3. The minimum atomic E-state index is -0.710. The van der Waals surface area contributed by atoms with E-state index in [9.17, 15) is 14.7 Å². The molecule has 82 valence electrons. The minimum absolute atomic E-state index is 0.186. The Bertz CT molecular complexity index is 471. The van der Waals surface area contributed by atoms with E-state index >= 15 is 0 Å². The quantitative estimate of drug-likeness (QED) is 0.728. The zero-order valence-corrected chi connectivity index (χ0v) is 9.15. The van der Waals surface area contributed by atoms with Crippen LogP contribution >= 0.6 is 0 Å². The topological polar surface area (TPSA) is 54.4 Å². The lowest BCUT2D eigenvalue weighted by atomic mass is 9.92. The van der Waals surface area contributed by atoms with Crippen LogP contribution < -0.4 is 0 Å². The van der Waals surface area contributed by atoms with Crippen LogP contribution in [-0.4, -0.2) is 16.7 Å². The number of phenolic OH excluding ortho intramolecular Hbond substituents is 1. The van der Waals surface area contributed by atoms with Crippen molar-refractivity contribution in [3.8, 4) is 5.75 Å². The van der Waals surface area contributed by atoms with Crippen LogP contribution in [0.3, 0.4) is 0 Å². The molecular weight excluding hydrogens is 204 g/mol. The van der Waals surface area contributed by atoms with Gasteiger partial charge in [0, 0.05) is 0 Å². The molecule has 1 aromatic rings. The molecule has 0 unspecified atom stereocenters. The Kier molecular flexibility index (Phi) is 2.38. The van der Waals surface area contributed by atoms with E-state index in [0.29, 0.717) is 16.7 Å². The second-order valence-corrected chi connectivity index (χ2v) is 4.07. The molecule has 0 saturated carbocycles. The van der Waals surface area contributed by atoms with Gasteiger partial charge >= 0.3 is 0 Å². The SMILES string of the molecule is Cc1cc(C2C(=O)C=CC2=O)cc(C)c1O. The van der Waals surface area contributed by atoms with Crippen LogP contribution in [0.2, 0.25) is 0 Å². The lowest BCUT2D eigenvalue weighted by Crippen LogP contribution is -2.13. The van der Waals surface area contributed by atoms with Crippen molar-refractivity contribution in [1.82, 2.24) is 0 Å². The predicted octanol–water partition coefficient (Wildman–Crippen LogP) is 1.80. The number of aromatic hydroxyl groups is 1. The van der Waals surface area contributed by atoms with Crippen molar-refractivity contribution in [3.63, 3.8) is 0 Å². The highest BCUT2D eigenvalue weighted by Crippen LogP contribution is 2.30. The third-order valence-electron chi connectivity index (χ3n) is 2.83. The fourth-order valence-corrected chi connectivity index (χ4v) is 1.98. The van der Waals surface area contributed by atoms with Crippen LogP contribution in [0.5, 0.6) is 5.75 Å². The zero-order chi connectivity index (χ0) is 11.9. The first kappa shape index (κ1) is 10.6. The van der Waals surface area contributed by atoms with E-state index in [1.165, 1.54) is 12.2 Å². The van der Waals surface area contributed by atoms with Crippen LogP contribution in [-0.2, 0) is 9.59 Å².